The quantitative estimate of drug-likeness (QED) is 0.0610. The third kappa shape index (κ3) is 17.3. The summed E-state index contributed by atoms with van der Waals surface area (Å²) in [4.78, 5) is 47.4. The van der Waals surface area contributed by atoms with E-state index in [1.165, 1.54) is 0 Å². The lowest BCUT2D eigenvalue weighted by Crippen LogP contribution is -2.35. The zero-order valence-electron chi connectivity index (χ0n) is 42.2. The molecule has 4 aliphatic heterocycles. The van der Waals surface area contributed by atoms with Crippen LogP contribution in [0.15, 0.2) is 121 Å². The van der Waals surface area contributed by atoms with Crippen LogP contribution >= 0.6 is 0 Å². The fraction of sp³-hybridized carbons (Fsp3) is 0.491. The van der Waals surface area contributed by atoms with Gasteiger partial charge in [-0.2, -0.15) is 0 Å². The molecule has 16 atom stereocenters. The number of aliphatic hydroxyl groups excluding tert-OH is 7. The van der Waals surface area contributed by atoms with Crippen molar-refractivity contribution < 1.29 is 88.1 Å². The summed E-state index contributed by atoms with van der Waals surface area (Å²) >= 11 is 0. The zero-order valence-corrected chi connectivity index (χ0v) is 42.2. The van der Waals surface area contributed by atoms with Gasteiger partial charge < -0.3 is 68.9 Å². The van der Waals surface area contributed by atoms with Crippen LogP contribution in [0.5, 0.6) is 0 Å². The summed E-state index contributed by atoms with van der Waals surface area (Å²) < 4.78 is 37.9. The highest BCUT2D eigenvalue weighted by molar-refractivity contribution is 5.94. The molecule has 0 aliphatic carbocycles. The highest BCUT2D eigenvalue weighted by Crippen LogP contribution is 2.34. The van der Waals surface area contributed by atoms with E-state index >= 15 is 0 Å². The highest BCUT2D eigenvalue weighted by Gasteiger charge is 2.47. The van der Waals surface area contributed by atoms with Gasteiger partial charge >= 0.3 is 17.9 Å². The van der Waals surface area contributed by atoms with Crippen molar-refractivity contribution >= 4 is 23.7 Å². The lowest BCUT2D eigenvalue weighted by molar-refractivity contribution is -0.136. The predicted octanol–water partition coefficient (Wildman–Crippen LogP) is 4.68. The topological polar surface area (TPSA) is 274 Å². The molecule has 2 unspecified atom stereocenters. The predicted molar refractivity (Wildman–Crippen MR) is 265 cm³/mol. The normalized spacial score (nSPS) is 30.8. The third-order valence-corrected chi connectivity index (χ3v) is 12.7. The summed E-state index contributed by atoms with van der Waals surface area (Å²) in [6.45, 7) is 12.6. The molecule has 0 bridgehead atoms. The van der Waals surface area contributed by atoms with Gasteiger partial charge in [0.1, 0.15) is 42.7 Å². The second-order valence-electron chi connectivity index (χ2n) is 17.9. The van der Waals surface area contributed by atoms with E-state index in [0.29, 0.717) is 16.7 Å². The van der Waals surface area contributed by atoms with E-state index in [-0.39, 0.29) is 60.7 Å². The number of benzene rings is 4. The molecule has 7 N–H and O–H groups in total. The Morgan fingerprint density at radius 3 is 1.11 bits per heavy atom. The van der Waals surface area contributed by atoms with E-state index in [0.717, 1.165) is 18.4 Å². The molecular weight excluding hydrogens is 949 g/mol. The maximum absolute atomic E-state index is 12.4. The first kappa shape index (κ1) is 60.1. The van der Waals surface area contributed by atoms with Crippen LogP contribution in [-0.2, 0) is 33.2 Å². The molecule has 0 aromatic heterocycles. The van der Waals surface area contributed by atoms with E-state index in [1.54, 1.807) is 74.5 Å². The van der Waals surface area contributed by atoms with E-state index < -0.39 is 73.9 Å². The van der Waals surface area contributed by atoms with Crippen LogP contribution in [-0.4, -0.2) is 158 Å². The Bertz CT molecular complexity index is 2210. The van der Waals surface area contributed by atoms with Gasteiger partial charge in [-0.3, -0.25) is 4.79 Å². The first-order chi connectivity index (χ1) is 34.9. The summed E-state index contributed by atoms with van der Waals surface area (Å²) in [5.41, 5.74) is 2.25. The molecule has 73 heavy (non-hydrogen) atoms. The molecule has 18 heteroatoms. The van der Waals surface area contributed by atoms with Crippen molar-refractivity contribution in [3.8, 4) is 0 Å². The summed E-state index contributed by atoms with van der Waals surface area (Å²) in [6.07, 6.45) is -7.59. The van der Waals surface area contributed by atoms with Crippen LogP contribution in [0.1, 0.15) is 103 Å². The minimum absolute atomic E-state index is 0.0300. The van der Waals surface area contributed by atoms with Gasteiger partial charge in [0.25, 0.3) is 0 Å². The van der Waals surface area contributed by atoms with Gasteiger partial charge in [-0.05, 0) is 70.0 Å². The fourth-order valence-electron chi connectivity index (χ4n) is 8.26. The number of ether oxygens (including phenoxy) is 7. The first-order valence-electron chi connectivity index (χ1n) is 24.4. The molecule has 4 saturated heterocycles. The van der Waals surface area contributed by atoms with Crippen molar-refractivity contribution in [1.29, 1.82) is 0 Å². The van der Waals surface area contributed by atoms with Gasteiger partial charge in [0.15, 0.2) is 18.2 Å². The van der Waals surface area contributed by atoms with Gasteiger partial charge in [0, 0.05) is 17.4 Å². The Labute approximate surface area is 426 Å². The molecule has 0 radical (unpaired) electrons. The largest absolute Gasteiger partial charge is 0.456 e. The Balaban J connectivity index is 0.000000213. The zero-order chi connectivity index (χ0) is 53.8. The summed E-state index contributed by atoms with van der Waals surface area (Å²) in [5, 5.41) is 61.7. The standard InChI is InChI=1S/C21H22O5.C15H20O3.C8H8O.C6H12O4.C5H10O5/c1-3-17-14(2)18(25-19(22)15-10-6-4-7-11-15)21(24-17)26-20(23)16-12-8-5-9-13-16;1-4-13-10(2)14(11(3)17-13)18-15(16)12-8-6-5-7-9-12;1-7(9)8-5-3-2-4-6-8;1-3-5(8)6(9)4(2-7)10-3;6-1-2-3(7)4(8)5(9)10-2/h4-14,17-18,21H,3H2,1-2H3;5-11,13-14H,4H2,1-3H3;2-6H,1H3;3-9H,2H2,1H3;2-9H,1H2/t14-,17-,18-,21?;10-,11+,13-,14-;;3-,4+,5-,6+;2-,3-,4-,5?/m00.10/s1. The monoisotopic (exact) mass is 1020 g/mol. The second kappa shape index (κ2) is 30.0. The number of ketones is 1. The molecule has 4 fully saturated rings. The number of carbonyl (C=O) groups excluding carboxylic acids is 4. The molecule has 0 saturated carbocycles. The lowest BCUT2D eigenvalue weighted by Gasteiger charge is -2.21. The average Bonchev–Trinajstić information content (AvgIpc) is 4.05. The van der Waals surface area contributed by atoms with Crippen molar-refractivity contribution in [2.45, 2.75) is 147 Å². The second-order valence-corrected chi connectivity index (χ2v) is 17.9. The molecule has 0 spiro atoms. The number of Topliss-reactive ketones (excluding diaryl/α,β-unsaturated/α-hetero) is 1. The van der Waals surface area contributed by atoms with Crippen LogP contribution in [0.25, 0.3) is 0 Å². The molecule has 400 valence electrons. The van der Waals surface area contributed by atoms with Crippen LogP contribution < -0.4 is 0 Å². The highest BCUT2D eigenvalue weighted by atomic mass is 16.7. The van der Waals surface area contributed by atoms with Gasteiger partial charge in [0.05, 0.1) is 54.3 Å². The van der Waals surface area contributed by atoms with Crippen molar-refractivity contribution in [2.75, 3.05) is 13.2 Å². The fourth-order valence-corrected chi connectivity index (χ4v) is 8.26. The van der Waals surface area contributed by atoms with Gasteiger partial charge in [-0.25, -0.2) is 14.4 Å². The Hall–Kier alpha value is -5.48. The first-order valence-corrected chi connectivity index (χ1v) is 24.4. The number of aliphatic hydroxyl groups is 7. The Morgan fingerprint density at radius 1 is 0.438 bits per heavy atom. The molecule has 4 heterocycles. The molecule has 8 rings (SSSR count). The Morgan fingerprint density at radius 2 is 0.795 bits per heavy atom. The van der Waals surface area contributed by atoms with Crippen molar-refractivity contribution in [3.05, 3.63) is 144 Å². The minimum atomic E-state index is -1.38. The molecule has 4 aromatic rings. The maximum atomic E-state index is 12.4. The lowest BCUT2D eigenvalue weighted by atomic mass is 9.97. The SMILES string of the molecule is CC(=O)c1ccccc1.CC[C@@H]1OC(OC(=O)c2ccccc2)[C@@H](OC(=O)c2ccccc2)[C@H]1C.CC[C@@H]1O[C@H](C)[C@@H](OC(=O)c2ccccc2)[C@H]1C.C[C@H]1O[C@@H](CO)[C@H](O)[C@@H]1O.OC[C@@H]1OC(O)[C@@H](O)[C@H]1O. The van der Waals surface area contributed by atoms with Crippen LogP contribution in [0.2, 0.25) is 0 Å². The molecule has 4 aromatic carbocycles. The number of carbonyl (C=O) groups is 4. The van der Waals surface area contributed by atoms with Crippen molar-refractivity contribution in [2.24, 2.45) is 11.8 Å². The van der Waals surface area contributed by atoms with Crippen LogP contribution in [0, 0.1) is 11.8 Å². The summed E-state index contributed by atoms with van der Waals surface area (Å²) in [7, 11) is 0. The number of hydrogen-bond acceptors (Lipinski definition) is 18. The maximum Gasteiger partial charge on any atom is 0.340 e. The average molecular weight is 1020 g/mol. The molecular formula is C55H72O18. The Kier molecular flexibility index (Phi) is 24.7. The van der Waals surface area contributed by atoms with Crippen molar-refractivity contribution in [1.82, 2.24) is 0 Å². The third-order valence-electron chi connectivity index (χ3n) is 12.7. The number of esters is 3. The minimum Gasteiger partial charge on any atom is -0.456 e. The molecule has 0 amide bonds. The molecule has 18 nitrogen and oxygen atoms in total. The van der Waals surface area contributed by atoms with Crippen LogP contribution in [0.3, 0.4) is 0 Å². The van der Waals surface area contributed by atoms with Gasteiger partial charge in [0.2, 0.25) is 6.29 Å². The van der Waals surface area contributed by atoms with Crippen LogP contribution in [0.4, 0.5) is 0 Å². The van der Waals surface area contributed by atoms with Gasteiger partial charge in [-0.15, -0.1) is 0 Å². The number of hydrogen-bond donors (Lipinski definition) is 7. The molecule has 4 aliphatic rings. The van der Waals surface area contributed by atoms with E-state index in [1.807, 2.05) is 81.4 Å². The summed E-state index contributed by atoms with van der Waals surface area (Å²) in [6, 6.07) is 35.7. The van der Waals surface area contributed by atoms with Crippen molar-refractivity contribution in [3.63, 3.8) is 0 Å². The smallest absolute Gasteiger partial charge is 0.340 e. The van der Waals surface area contributed by atoms with Gasteiger partial charge in [-0.1, -0.05) is 113 Å². The van der Waals surface area contributed by atoms with E-state index in [9.17, 15) is 19.2 Å². The number of rotatable bonds is 11. The summed E-state index contributed by atoms with van der Waals surface area (Å²) in [5.74, 6) is -0.932. The van der Waals surface area contributed by atoms with E-state index in [4.69, 9.17) is 64.2 Å². The van der Waals surface area contributed by atoms with E-state index in [2.05, 4.69) is 18.6 Å².